The van der Waals surface area contributed by atoms with E-state index in [1.165, 1.54) is 24.8 Å². The van der Waals surface area contributed by atoms with Crippen molar-refractivity contribution in [2.45, 2.75) is 43.9 Å². The van der Waals surface area contributed by atoms with E-state index in [-0.39, 0.29) is 0 Å². The molecule has 3 unspecified atom stereocenters. The van der Waals surface area contributed by atoms with Crippen LogP contribution in [-0.2, 0) is 7.05 Å². The highest BCUT2D eigenvalue weighted by Gasteiger charge is 2.30. The van der Waals surface area contributed by atoms with Crippen molar-refractivity contribution in [2.75, 3.05) is 0 Å². The Balaban J connectivity index is 2.16. The Morgan fingerprint density at radius 1 is 1.53 bits per heavy atom. The summed E-state index contributed by atoms with van der Waals surface area (Å²) < 4.78 is 1.89. The molecule has 1 aromatic heterocycles. The lowest BCUT2D eigenvalue weighted by molar-refractivity contribution is 0.303. The third-order valence-electron chi connectivity index (χ3n) is 3.61. The second-order valence-electron chi connectivity index (χ2n) is 4.63. The zero-order valence-electron chi connectivity index (χ0n) is 9.49. The van der Waals surface area contributed by atoms with Crippen LogP contribution in [0.1, 0.15) is 44.1 Å². The fraction of sp³-hybridized carbons (Fsp3) is 0.750. The zero-order chi connectivity index (χ0) is 10.8. The molecule has 15 heavy (non-hydrogen) atoms. The second-order valence-corrected chi connectivity index (χ2v) is 5.25. The number of aryl methyl sites for hydroxylation is 1. The topological polar surface area (TPSA) is 17.8 Å². The van der Waals surface area contributed by atoms with Gasteiger partial charge in [-0.3, -0.25) is 4.68 Å². The van der Waals surface area contributed by atoms with Gasteiger partial charge >= 0.3 is 0 Å². The Hall–Kier alpha value is -0.500. The Bertz CT molecular complexity index is 321. The highest BCUT2D eigenvalue weighted by molar-refractivity contribution is 6.20. The van der Waals surface area contributed by atoms with Crippen molar-refractivity contribution < 1.29 is 0 Å². The smallest absolute Gasteiger partial charge is 0.0524 e. The molecule has 0 N–H and O–H groups in total. The fourth-order valence-corrected chi connectivity index (χ4v) is 3.03. The maximum absolute atomic E-state index is 6.26. The normalized spacial score (nSPS) is 31.8. The molecule has 1 heterocycles. The van der Waals surface area contributed by atoms with Gasteiger partial charge in [0.1, 0.15) is 0 Å². The molecule has 1 saturated carbocycles. The predicted octanol–water partition coefficient (Wildman–Crippen LogP) is 3.32. The van der Waals surface area contributed by atoms with Crippen LogP contribution >= 0.6 is 11.6 Å². The van der Waals surface area contributed by atoms with Crippen molar-refractivity contribution in [2.24, 2.45) is 13.0 Å². The van der Waals surface area contributed by atoms with Gasteiger partial charge in [-0.15, -0.1) is 11.6 Å². The van der Waals surface area contributed by atoms with Crippen molar-refractivity contribution in [1.82, 2.24) is 9.78 Å². The van der Waals surface area contributed by atoms with E-state index >= 15 is 0 Å². The van der Waals surface area contributed by atoms with E-state index < -0.39 is 0 Å². The summed E-state index contributed by atoms with van der Waals surface area (Å²) in [5, 5.41) is 4.62. The Morgan fingerprint density at radius 2 is 2.33 bits per heavy atom. The van der Waals surface area contributed by atoms with Crippen LogP contribution in [0.5, 0.6) is 0 Å². The van der Waals surface area contributed by atoms with E-state index in [1.54, 1.807) is 0 Å². The molecule has 1 fully saturated rings. The molecule has 0 aliphatic heterocycles. The van der Waals surface area contributed by atoms with Crippen molar-refractivity contribution in [3.63, 3.8) is 0 Å². The number of nitrogens with zero attached hydrogens (tertiary/aromatic N) is 2. The summed E-state index contributed by atoms with van der Waals surface area (Å²) in [6.45, 7) is 2.28. The Morgan fingerprint density at radius 3 is 2.93 bits per heavy atom. The van der Waals surface area contributed by atoms with Crippen LogP contribution in [-0.4, -0.2) is 15.2 Å². The third kappa shape index (κ3) is 2.36. The first-order valence-corrected chi connectivity index (χ1v) is 6.27. The lowest BCUT2D eigenvalue weighted by Crippen LogP contribution is -2.23. The van der Waals surface area contributed by atoms with Gasteiger partial charge in [0.25, 0.3) is 0 Å². The van der Waals surface area contributed by atoms with Gasteiger partial charge in [-0.05, 0) is 36.7 Å². The van der Waals surface area contributed by atoms with Gasteiger partial charge in [0.05, 0.1) is 6.20 Å². The molecule has 0 bridgehead atoms. The van der Waals surface area contributed by atoms with E-state index in [0.29, 0.717) is 11.3 Å². The molecule has 84 valence electrons. The zero-order valence-corrected chi connectivity index (χ0v) is 10.2. The summed E-state index contributed by atoms with van der Waals surface area (Å²) in [5.41, 5.74) is 1.37. The maximum atomic E-state index is 6.26. The highest BCUT2D eigenvalue weighted by atomic mass is 35.5. The Labute approximate surface area is 96.6 Å². The summed E-state index contributed by atoms with van der Waals surface area (Å²) >= 11 is 6.26. The van der Waals surface area contributed by atoms with Crippen LogP contribution in [0.3, 0.4) is 0 Å². The van der Waals surface area contributed by atoms with Crippen LogP contribution < -0.4 is 0 Å². The molecule has 0 spiro atoms. The molecule has 1 aromatic rings. The van der Waals surface area contributed by atoms with Crippen molar-refractivity contribution in [1.29, 1.82) is 0 Å². The SMILES string of the molecule is CCC1CCC(Cl)CC1c1cnn(C)c1. The summed E-state index contributed by atoms with van der Waals surface area (Å²) in [6, 6.07) is 0. The third-order valence-corrected chi connectivity index (χ3v) is 4.00. The molecular formula is C12H19ClN2. The van der Waals surface area contributed by atoms with E-state index in [9.17, 15) is 0 Å². The molecule has 0 saturated heterocycles. The van der Waals surface area contributed by atoms with Gasteiger partial charge in [0, 0.05) is 18.6 Å². The summed E-state index contributed by atoms with van der Waals surface area (Å²) in [6.07, 6.45) is 8.96. The lowest BCUT2D eigenvalue weighted by Gasteiger charge is -2.32. The average Bonchev–Trinajstić information content (AvgIpc) is 2.65. The van der Waals surface area contributed by atoms with Gasteiger partial charge in [-0.25, -0.2) is 0 Å². The highest BCUT2D eigenvalue weighted by Crippen LogP contribution is 2.41. The first-order chi connectivity index (χ1) is 7.20. The number of hydrogen-bond acceptors (Lipinski definition) is 1. The molecule has 3 heteroatoms. The molecule has 3 atom stereocenters. The van der Waals surface area contributed by atoms with Gasteiger partial charge in [0.2, 0.25) is 0 Å². The summed E-state index contributed by atoms with van der Waals surface area (Å²) in [4.78, 5) is 0. The number of alkyl halides is 1. The summed E-state index contributed by atoms with van der Waals surface area (Å²) in [7, 11) is 1.98. The van der Waals surface area contributed by atoms with E-state index in [0.717, 1.165) is 12.3 Å². The van der Waals surface area contributed by atoms with Gasteiger partial charge in [0.15, 0.2) is 0 Å². The molecular weight excluding hydrogens is 208 g/mol. The van der Waals surface area contributed by atoms with Crippen molar-refractivity contribution in [3.05, 3.63) is 18.0 Å². The minimum atomic E-state index is 0.359. The van der Waals surface area contributed by atoms with Crippen LogP contribution in [0.15, 0.2) is 12.4 Å². The molecule has 0 amide bonds. The molecule has 0 aromatic carbocycles. The van der Waals surface area contributed by atoms with Crippen LogP contribution in [0, 0.1) is 5.92 Å². The molecule has 2 rings (SSSR count). The largest absolute Gasteiger partial charge is 0.276 e. The number of rotatable bonds is 2. The molecule has 1 aliphatic rings. The van der Waals surface area contributed by atoms with Crippen LogP contribution in [0.4, 0.5) is 0 Å². The van der Waals surface area contributed by atoms with Gasteiger partial charge in [-0.2, -0.15) is 5.10 Å². The maximum Gasteiger partial charge on any atom is 0.0524 e. The Kier molecular flexibility index (Phi) is 3.35. The monoisotopic (exact) mass is 226 g/mol. The van der Waals surface area contributed by atoms with Crippen molar-refractivity contribution in [3.8, 4) is 0 Å². The second kappa shape index (κ2) is 4.56. The minimum Gasteiger partial charge on any atom is -0.276 e. The van der Waals surface area contributed by atoms with Gasteiger partial charge < -0.3 is 0 Å². The van der Waals surface area contributed by atoms with E-state index in [1.807, 2.05) is 17.9 Å². The van der Waals surface area contributed by atoms with Crippen LogP contribution in [0.25, 0.3) is 0 Å². The number of halogens is 1. The minimum absolute atomic E-state index is 0.359. The predicted molar refractivity (Wildman–Crippen MR) is 63.2 cm³/mol. The lowest BCUT2D eigenvalue weighted by atomic mass is 9.75. The first-order valence-electron chi connectivity index (χ1n) is 5.83. The quantitative estimate of drug-likeness (QED) is 0.708. The molecule has 2 nitrogen and oxygen atoms in total. The van der Waals surface area contributed by atoms with Crippen molar-refractivity contribution >= 4 is 11.6 Å². The standard InChI is InChI=1S/C12H19ClN2/c1-3-9-4-5-11(13)6-12(9)10-7-14-15(2)8-10/h7-9,11-12H,3-6H2,1-2H3. The number of hydrogen-bond donors (Lipinski definition) is 0. The molecule has 1 aliphatic carbocycles. The van der Waals surface area contributed by atoms with E-state index in [2.05, 4.69) is 18.2 Å². The van der Waals surface area contributed by atoms with Gasteiger partial charge in [-0.1, -0.05) is 13.3 Å². The first kappa shape index (κ1) is 11.0. The average molecular weight is 227 g/mol. The molecule has 0 radical (unpaired) electrons. The summed E-state index contributed by atoms with van der Waals surface area (Å²) in [5.74, 6) is 1.42. The number of aromatic nitrogens is 2. The van der Waals surface area contributed by atoms with E-state index in [4.69, 9.17) is 11.6 Å². The fourth-order valence-electron chi connectivity index (χ4n) is 2.71. The van der Waals surface area contributed by atoms with Crippen LogP contribution in [0.2, 0.25) is 0 Å².